The van der Waals surface area contributed by atoms with E-state index < -0.39 is 0 Å². The van der Waals surface area contributed by atoms with Crippen LogP contribution in [0.1, 0.15) is 52.9 Å². The van der Waals surface area contributed by atoms with Crippen molar-refractivity contribution in [1.82, 2.24) is 0 Å². The third kappa shape index (κ3) is 3.82. The lowest BCUT2D eigenvalue weighted by Crippen LogP contribution is -2.31. The quantitative estimate of drug-likeness (QED) is 0.777. The van der Waals surface area contributed by atoms with Gasteiger partial charge >= 0.3 is 0 Å². The van der Waals surface area contributed by atoms with E-state index >= 15 is 0 Å². The van der Waals surface area contributed by atoms with Gasteiger partial charge in [-0.15, -0.1) is 0 Å². The van der Waals surface area contributed by atoms with Gasteiger partial charge in [-0.3, -0.25) is 0 Å². The zero-order chi connectivity index (χ0) is 10.6. The van der Waals surface area contributed by atoms with E-state index in [0.717, 1.165) is 17.6 Å². The molecule has 0 bridgehead atoms. The predicted molar refractivity (Wildman–Crippen MR) is 66.7 cm³/mol. The molecule has 1 rings (SSSR count). The summed E-state index contributed by atoms with van der Waals surface area (Å²) in [6, 6.07) is 0.386. The van der Waals surface area contributed by atoms with Crippen molar-refractivity contribution < 1.29 is 0 Å². The Kier molecular flexibility index (Phi) is 5.32. The van der Waals surface area contributed by atoms with Crippen LogP contribution in [0.3, 0.4) is 0 Å². The largest absolute Gasteiger partial charge is 0.327 e. The van der Waals surface area contributed by atoms with Crippen molar-refractivity contribution in [2.75, 3.05) is 0 Å². The second kappa shape index (κ2) is 6.02. The highest BCUT2D eigenvalue weighted by Gasteiger charge is 2.22. The summed E-state index contributed by atoms with van der Waals surface area (Å²) in [6.07, 6.45) is 6.79. The van der Waals surface area contributed by atoms with Crippen molar-refractivity contribution in [1.29, 1.82) is 0 Å². The fraction of sp³-hybridized carbons (Fsp3) is 1.00. The van der Waals surface area contributed by atoms with Gasteiger partial charge in [0, 0.05) is 16.5 Å². The predicted octanol–water partition coefficient (Wildman–Crippen LogP) is 3.42. The van der Waals surface area contributed by atoms with Crippen LogP contribution in [0.15, 0.2) is 0 Å². The van der Waals surface area contributed by atoms with E-state index in [1.54, 1.807) is 0 Å². The number of hydrogen-bond donors (Lipinski definition) is 1. The Hall–Kier alpha value is 0.310. The van der Waals surface area contributed by atoms with Gasteiger partial charge < -0.3 is 5.73 Å². The zero-order valence-electron chi connectivity index (χ0n) is 9.83. The van der Waals surface area contributed by atoms with Crippen LogP contribution in [0.4, 0.5) is 0 Å². The maximum absolute atomic E-state index is 6.05. The Morgan fingerprint density at radius 1 is 1.43 bits per heavy atom. The summed E-state index contributed by atoms with van der Waals surface area (Å²) in [4.78, 5) is 0. The molecule has 0 aromatic carbocycles. The Labute approximate surface area is 93.2 Å². The summed E-state index contributed by atoms with van der Waals surface area (Å²) in [5, 5.41) is 1.52. The molecule has 2 N–H and O–H groups in total. The van der Waals surface area contributed by atoms with Crippen molar-refractivity contribution in [2.45, 2.75) is 69.4 Å². The smallest absolute Gasteiger partial charge is 0.0173 e. The molecule has 84 valence electrons. The third-order valence-corrected chi connectivity index (χ3v) is 4.96. The molecule has 0 aromatic rings. The van der Waals surface area contributed by atoms with Gasteiger partial charge in [0.25, 0.3) is 0 Å². The number of nitrogens with two attached hydrogens (primary N) is 1. The minimum absolute atomic E-state index is 0.386. The first kappa shape index (κ1) is 12.4. The van der Waals surface area contributed by atoms with E-state index in [9.17, 15) is 0 Å². The van der Waals surface area contributed by atoms with Crippen LogP contribution in [0.2, 0.25) is 0 Å². The molecule has 0 aromatic heterocycles. The molecule has 1 aliphatic rings. The first-order valence-corrected chi connectivity index (χ1v) is 6.98. The fourth-order valence-electron chi connectivity index (χ4n) is 2.24. The van der Waals surface area contributed by atoms with Crippen LogP contribution >= 0.6 is 11.8 Å². The summed E-state index contributed by atoms with van der Waals surface area (Å²) in [7, 11) is 0. The Morgan fingerprint density at radius 2 is 2.14 bits per heavy atom. The summed E-state index contributed by atoms with van der Waals surface area (Å²) in [5.41, 5.74) is 6.05. The maximum Gasteiger partial charge on any atom is 0.0173 e. The minimum Gasteiger partial charge on any atom is -0.327 e. The summed E-state index contributed by atoms with van der Waals surface area (Å²) in [6.45, 7) is 6.86. The first-order chi connectivity index (χ1) is 6.63. The number of thioether (sulfide) groups is 1. The van der Waals surface area contributed by atoms with Gasteiger partial charge in [0.1, 0.15) is 0 Å². The van der Waals surface area contributed by atoms with Gasteiger partial charge in [-0.05, 0) is 25.2 Å². The molecule has 1 aliphatic carbocycles. The molecule has 0 spiro atoms. The van der Waals surface area contributed by atoms with Crippen molar-refractivity contribution >= 4 is 11.8 Å². The maximum atomic E-state index is 6.05. The molecule has 14 heavy (non-hydrogen) atoms. The van der Waals surface area contributed by atoms with Gasteiger partial charge in [-0.25, -0.2) is 0 Å². The summed E-state index contributed by atoms with van der Waals surface area (Å²) in [5.74, 6) is 0.936. The fourth-order valence-corrected chi connectivity index (χ4v) is 3.98. The van der Waals surface area contributed by atoms with E-state index in [0.29, 0.717) is 11.3 Å². The van der Waals surface area contributed by atoms with Crippen LogP contribution in [0.25, 0.3) is 0 Å². The van der Waals surface area contributed by atoms with E-state index in [1.165, 1.54) is 25.7 Å². The molecule has 0 radical (unpaired) electrons. The molecule has 0 amide bonds. The average molecular weight is 215 g/mol. The third-order valence-electron chi connectivity index (χ3n) is 3.37. The lowest BCUT2D eigenvalue weighted by molar-refractivity contribution is 0.393. The highest BCUT2D eigenvalue weighted by molar-refractivity contribution is 8.00. The van der Waals surface area contributed by atoms with Crippen LogP contribution in [0.5, 0.6) is 0 Å². The first-order valence-electron chi connectivity index (χ1n) is 6.04. The van der Waals surface area contributed by atoms with Gasteiger partial charge in [-0.1, -0.05) is 33.6 Å². The van der Waals surface area contributed by atoms with Crippen LogP contribution < -0.4 is 5.73 Å². The van der Waals surface area contributed by atoms with E-state index in [2.05, 4.69) is 32.5 Å². The molecule has 4 atom stereocenters. The number of rotatable bonds is 4. The average Bonchev–Trinajstić information content (AvgIpc) is 2.16. The Bertz CT molecular complexity index is 160. The molecule has 0 saturated heterocycles. The molecule has 1 fully saturated rings. The SMILES string of the molecule is CCC(N)C(C)SC1CCCC(C)C1. The van der Waals surface area contributed by atoms with Crippen molar-refractivity contribution in [3.63, 3.8) is 0 Å². The highest BCUT2D eigenvalue weighted by Crippen LogP contribution is 2.34. The molecule has 1 saturated carbocycles. The molecule has 2 heteroatoms. The van der Waals surface area contributed by atoms with Crippen molar-refractivity contribution in [3.05, 3.63) is 0 Å². The second-order valence-corrected chi connectivity index (χ2v) is 6.49. The molecule has 0 aliphatic heterocycles. The van der Waals surface area contributed by atoms with Gasteiger partial charge in [0.2, 0.25) is 0 Å². The lowest BCUT2D eigenvalue weighted by atomic mass is 9.91. The molecular weight excluding hydrogens is 190 g/mol. The standard InChI is InChI=1S/C12H25NS/c1-4-12(13)10(3)14-11-7-5-6-9(2)8-11/h9-12H,4-8,13H2,1-3H3. The molecule has 0 heterocycles. The van der Waals surface area contributed by atoms with Crippen LogP contribution in [-0.2, 0) is 0 Å². The highest BCUT2D eigenvalue weighted by atomic mass is 32.2. The monoisotopic (exact) mass is 215 g/mol. The van der Waals surface area contributed by atoms with E-state index in [4.69, 9.17) is 5.73 Å². The zero-order valence-corrected chi connectivity index (χ0v) is 10.6. The van der Waals surface area contributed by atoms with Crippen molar-refractivity contribution in [2.24, 2.45) is 11.7 Å². The van der Waals surface area contributed by atoms with Gasteiger partial charge in [-0.2, -0.15) is 11.8 Å². The summed E-state index contributed by atoms with van der Waals surface area (Å²) >= 11 is 2.13. The van der Waals surface area contributed by atoms with Gasteiger partial charge in [0.05, 0.1) is 0 Å². The summed E-state index contributed by atoms with van der Waals surface area (Å²) < 4.78 is 0. The number of hydrogen-bond acceptors (Lipinski definition) is 2. The van der Waals surface area contributed by atoms with Crippen LogP contribution in [0, 0.1) is 5.92 Å². The molecule has 1 nitrogen and oxygen atoms in total. The van der Waals surface area contributed by atoms with Gasteiger partial charge in [0.15, 0.2) is 0 Å². The molecular formula is C12H25NS. The van der Waals surface area contributed by atoms with E-state index in [-0.39, 0.29) is 0 Å². The van der Waals surface area contributed by atoms with Crippen molar-refractivity contribution in [3.8, 4) is 0 Å². The second-order valence-electron chi connectivity index (χ2n) is 4.81. The topological polar surface area (TPSA) is 26.0 Å². The normalized spacial score (nSPS) is 32.6. The Balaban J connectivity index is 2.28. The van der Waals surface area contributed by atoms with Crippen LogP contribution in [-0.4, -0.2) is 16.5 Å². The van der Waals surface area contributed by atoms with E-state index in [1.807, 2.05) is 0 Å². The minimum atomic E-state index is 0.386. The lowest BCUT2D eigenvalue weighted by Gasteiger charge is -2.30. The Morgan fingerprint density at radius 3 is 2.71 bits per heavy atom. The molecule has 4 unspecified atom stereocenters.